The highest BCUT2D eigenvalue weighted by atomic mass is 32.2. The minimum atomic E-state index is -0.164. The van der Waals surface area contributed by atoms with E-state index in [9.17, 15) is 9.59 Å². The first-order valence-corrected chi connectivity index (χ1v) is 12.0. The minimum Gasteiger partial charge on any atom is -0.325 e. The third-order valence-electron chi connectivity index (χ3n) is 5.75. The molecule has 8 heteroatoms. The van der Waals surface area contributed by atoms with Crippen LogP contribution in [0.5, 0.6) is 0 Å². The lowest BCUT2D eigenvalue weighted by atomic mass is 10.1. The molecule has 0 unspecified atom stereocenters. The molecule has 0 aliphatic heterocycles. The van der Waals surface area contributed by atoms with Crippen molar-refractivity contribution in [3.8, 4) is 5.69 Å². The van der Waals surface area contributed by atoms with E-state index in [1.807, 2.05) is 78.1 Å². The van der Waals surface area contributed by atoms with E-state index >= 15 is 0 Å². The van der Waals surface area contributed by atoms with Gasteiger partial charge in [0.25, 0.3) is 5.56 Å². The van der Waals surface area contributed by atoms with Gasteiger partial charge in [-0.15, -0.1) is 10.2 Å². The van der Waals surface area contributed by atoms with Crippen LogP contribution in [-0.2, 0) is 11.2 Å². The monoisotopic (exact) mass is 469 g/mol. The van der Waals surface area contributed by atoms with Crippen molar-refractivity contribution in [1.29, 1.82) is 0 Å². The number of carbonyl (C=O) groups excluding carboxylic acids is 1. The van der Waals surface area contributed by atoms with Gasteiger partial charge < -0.3 is 5.32 Å². The molecule has 5 rings (SSSR count). The molecule has 2 aromatic heterocycles. The Morgan fingerprint density at radius 2 is 1.74 bits per heavy atom. The molecule has 2 heterocycles. The molecule has 0 saturated heterocycles. The van der Waals surface area contributed by atoms with Crippen molar-refractivity contribution in [3.05, 3.63) is 94.3 Å². The molecule has 0 bridgehead atoms. The second-order valence-corrected chi connectivity index (χ2v) is 8.85. The zero-order chi connectivity index (χ0) is 23.7. The average molecular weight is 470 g/mol. The predicted octanol–water partition coefficient (Wildman–Crippen LogP) is 4.64. The lowest BCUT2D eigenvalue weighted by Gasteiger charge is -2.13. The number of nitrogens with zero attached hydrogens (tertiary/aromatic N) is 4. The molecule has 0 fully saturated rings. The topological polar surface area (TPSA) is 81.3 Å². The van der Waals surface area contributed by atoms with Gasteiger partial charge in [0.2, 0.25) is 11.7 Å². The minimum absolute atomic E-state index is 0.119. The van der Waals surface area contributed by atoms with Gasteiger partial charge in [-0.3, -0.25) is 14.0 Å². The quantitative estimate of drug-likeness (QED) is 0.367. The molecule has 1 amide bonds. The van der Waals surface area contributed by atoms with E-state index in [1.165, 1.54) is 11.8 Å². The Morgan fingerprint density at radius 3 is 2.53 bits per heavy atom. The molecule has 0 spiro atoms. The molecule has 0 aliphatic carbocycles. The maximum atomic E-state index is 13.3. The zero-order valence-corrected chi connectivity index (χ0v) is 19.7. The number of nitrogens with one attached hydrogen (secondary N) is 1. The molecule has 0 atom stereocenters. The van der Waals surface area contributed by atoms with Crippen LogP contribution in [0.3, 0.4) is 0 Å². The van der Waals surface area contributed by atoms with Crippen molar-refractivity contribution >= 4 is 40.0 Å². The van der Waals surface area contributed by atoms with Crippen LogP contribution >= 0.6 is 11.8 Å². The van der Waals surface area contributed by atoms with Crippen molar-refractivity contribution in [2.75, 3.05) is 11.1 Å². The van der Waals surface area contributed by atoms with Crippen LogP contribution in [-0.4, -0.2) is 30.8 Å². The van der Waals surface area contributed by atoms with Gasteiger partial charge in [-0.2, -0.15) is 0 Å². The van der Waals surface area contributed by atoms with Gasteiger partial charge in [0.05, 0.1) is 22.3 Å². The number of rotatable bonds is 6. The van der Waals surface area contributed by atoms with Gasteiger partial charge >= 0.3 is 0 Å². The van der Waals surface area contributed by atoms with E-state index in [1.54, 1.807) is 10.6 Å². The first-order valence-electron chi connectivity index (χ1n) is 11.0. The summed E-state index contributed by atoms with van der Waals surface area (Å²) >= 11 is 1.29. The number of thioether (sulfide) groups is 1. The fourth-order valence-corrected chi connectivity index (χ4v) is 4.83. The largest absolute Gasteiger partial charge is 0.325 e. The maximum absolute atomic E-state index is 13.3. The van der Waals surface area contributed by atoms with Crippen LogP contribution in [0.25, 0.3) is 22.4 Å². The smallest absolute Gasteiger partial charge is 0.267 e. The number of hydrogen-bond donors (Lipinski definition) is 1. The first kappa shape index (κ1) is 21.9. The third kappa shape index (κ3) is 3.86. The molecular formula is C26H23N5O2S. The number of para-hydroxylation sites is 3. The molecule has 0 saturated carbocycles. The Balaban J connectivity index is 1.53. The molecule has 5 aromatic rings. The van der Waals surface area contributed by atoms with E-state index in [-0.39, 0.29) is 17.2 Å². The molecule has 1 N–H and O–H groups in total. The summed E-state index contributed by atoms with van der Waals surface area (Å²) in [4.78, 5) is 26.2. The average Bonchev–Trinajstić information content (AvgIpc) is 3.28. The Kier molecular flexibility index (Phi) is 5.90. The Labute approximate surface area is 200 Å². The Bertz CT molecular complexity index is 1570. The summed E-state index contributed by atoms with van der Waals surface area (Å²) in [7, 11) is 0. The van der Waals surface area contributed by atoms with E-state index in [2.05, 4.69) is 22.4 Å². The van der Waals surface area contributed by atoms with Crippen molar-refractivity contribution in [3.63, 3.8) is 0 Å². The number of carbonyl (C=O) groups is 1. The standard InChI is InChI=1S/C26H23N5O2S/c1-3-18-11-9-10-17(2)23(18)27-22(32)16-34-26-29-28-25-30(19-12-5-4-6-13-19)24(33)20-14-7-8-15-21(20)31(25)26/h4-15H,3,16H2,1-2H3,(H,27,32). The summed E-state index contributed by atoms with van der Waals surface area (Å²) in [6.07, 6.45) is 0.836. The second-order valence-electron chi connectivity index (χ2n) is 7.91. The second kappa shape index (κ2) is 9.15. The van der Waals surface area contributed by atoms with E-state index in [0.717, 1.165) is 23.2 Å². The number of amides is 1. The van der Waals surface area contributed by atoms with Crippen LogP contribution in [0.1, 0.15) is 18.1 Å². The van der Waals surface area contributed by atoms with Gasteiger partial charge in [0.1, 0.15) is 0 Å². The normalized spacial score (nSPS) is 11.2. The van der Waals surface area contributed by atoms with E-state index in [4.69, 9.17) is 0 Å². The number of fused-ring (bicyclic) bond motifs is 3. The summed E-state index contributed by atoms with van der Waals surface area (Å²) in [5.41, 5.74) is 4.24. The summed E-state index contributed by atoms with van der Waals surface area (Å²) in [6, 6.07) is 22.8. The lowest BCUT2D eigenvalue weighted by molar-refractivity contribution is -0.113. The molecule has 34 heavy (non-hydrogen) atoms. The van der Waals surface area contributed by atoms with Gasteiger partial charge in [-0.05, 0) is 48.7 Å². The molecule has 0 aliphatic rings. The zero-order valence-electron chi connectivity index (χ0n) is 18.9. The number of anilines is 1. The summed E-state index contributed by atoms with van der Waals surface area (Å²) in [5, 5.41) is 12.8. The van der Waals surface area contributed by atoms with Crippen molar-refractivity contribution in [2.45, 2.75) is 25.4 Å². The number of benzene rings is 3. The molecule has 3 aromatic carbocycles. The van der Waals surface area contributed by atoms with Crippen LogP contribution < -0.4 is 10.9 Å². The van der Waals surface area contributed by atoms with Gasteiger partial charge in [-0.25, -0.2) is 4.57 Å². The fraction of sp³-hybridized carbons (Fsp3) is 0.154. The molecule has 7 nitrogen and oxygen atoms in total. The van der Waals surface area contributed by atoms with Gasteiger partial charge in [0.15, 0.2) is 5.16 Å². The highest BCUT2D eigenvalue weighted by Crippen LogP contribution is 2.25. The van der Waals surface area contributed by atoms with E-state index < -0.39 is 0 Å². The third-order valence-corrected chi connectivity index (χ3v) is 6.67. The highest BCUT2D eigenvalue weighted by molar-refractivity contribution is 7.99. The van der Waals surface area contributed by atoms with Crippen molar-refractivity contribution in [1.82, 2.24) is 19.2 Å². The van der Waals surface area contributed by atoms with Gasteiger partial charge in [-0.1, -0.05) is 67.2 Å². The van der Waals surface area contributed by atoms with Crippen molar-refractivity contribution in [2.24, 2.45) is 0 Å². The number of aromatic nitrogens is 4. The highest BCUT2D eigenvalue weighted by Gasteiger charge is 2.19. The van der Waals surface area contributed by atoms with Crippen LogP contribution in [0.2, 0.25) is 0 Å². The summed E-state index contributed by atoms with van der Waals surface area (Å²) in [5.74, 6) is 0.452. The van der Waals surface area contributed by atoms with Crippen LogP contribution in [0, 0.1) is 6.92 Å². The maximum Gasteiger partial charge on any atom is 0.267 e. The summed E-state index contributed by atoms with van der Waals surface area (Å²) in [6.45, 7) is 4.06. The molecular weight excluding hydrogens is 446 g/mol. The lowest BCUT2D eigenvalue weighted by Crippen LogP contribution is -2.22. The predicted molar refractivity (Wildman–Crippen MR) is 136 cm³/mol. The molecule has 0 radical (unpaired) electrons. The van der Waals surface area contributed by atoms with E-state index in [0.29, 0.717) is 27.5 Å². The van der Waals surface area contributed by atoms with Crippen molar-refractivity contribution < 1.29 is 4.79 Å². The first-order chi connectivity index (χ1) is 16.6. The van der Waals surface area contributed by atoms with Crippen LogP contribution in [0.15, 0.2) is 82.7 Å². The van der Waals surface area contributed by atoms with Crippen LogP contribution in [0.4, 0.5) is 5.69 Å². The SMILES string of the molecule is CCc1cccc(C)c1NC(=O)CSc1nnc2n(-c3ccccc3)c(=O)c3ccccc3n12. The summed E-state index contributed by atoms with van der Waals surface area (Å²) < 4.78 is 3.40. The number of hydrogen-bond acceptors (Lipinski definition) is 5. The Hall–Kier alpha value is -3.91. The Morgan fingerprint density at radius 1 is 0.971 bits per heavy atom. The van der Waals surface area contributed by atoms with Gasteiger partial charge in [0, 0.05) is 5.69 Å². The number of aryl methyl sites for hydroxylation is 2. The molecule has 170 valence electrons. The fourth-order valence-electron chi connectivity index (χ4n) is 4.09.